The third kappa shape index (κ3) is 4.64. The van der Waals surface area contributed by atoms with Crippen molar-refractivity contribution in [1.29, 1.82) is 0 Å². The maximum atomic E-state index is 12.1. The van der Waals surface area contributed by atoms with Gasteiger partial charge in [0.15, 0.2) is 0 Å². The van der Waals surface area contributed by atoms with Gasteiger partial charge in [-0.1, -0.05) is 12.1 Å². The van der Waals surface area contributed by atoms with Crippen molar-refractivity contribution in [2.75, 3.05) is 18.5 Å². The molecular weight excluding hydrogens is 234 g/mol. The number of para-hydroxylation sites is 2. The number of rotatable bonds is 5. The van der Waals surface area contributed by atoms with Gasteiger partial charge in [-0.3, -0.25) is 0 Å². The number of carbonyl (C=O) groups excluding carboxylic acids is 1. The van der Waals surface area contributed by atoms with Crippen LogP contribution in [0.5, 0.6) is 5.75 Å². The van der Waals surface area contributed by atoms with Crippen LogP contribution in [0.1, 0.15) is 0 Å². The van der Waals surface area contributed by atoms with Gasteiger partial charge in [-0.2, -0.15) is 8.78 Å². The minimum atomic E-state index is -2.96. The second-order valence-corrected chi connectivity index (χ2v) is 2.98. The lowest BCUT2D eigenvalue weighted by Crippen LogP contribution is -2.31. The molecule has 5 nitrogen and oxygen atoms in total. The molecule has 0 spiro atoms. The zero-order valence-electron chi connectivity index (χ0n) is 8.82. The van der Waals surface area contributed by atoms with E-state index in [9.17, 15) is 13.6 Å². The van der Waals surface area contributed by atoms with Crippen LogP contribution >= 0.6 is 0 Å². The van der Waals surface area contributed by atoms with Gasteiger partial charge < -0.3 is 20.5 Å². The third-order valence-electron chi connectivity index (χ3n) is 1.75. The summed E-state index contributed by atoms with van der Waals surface area (Å²) in [7, 11) is 0. The molecule has 0 unspecified atom stereocenters. The minimum Gasteiger partial charge on any atom is -0.433 e. The second kappa shape index (κ2) is 6.64. The second-order valence-electron chi connectivity index (χ2n) is 2.98. The Morgan fingerprint density at radius 3 is 2.76 bits per heavy atom. The molecule has 0 radical (unpaired) electrons. The van der Waals surface area contributed by atoms with Crippen LogP contribution in [0.2, 0.25) is 0 Å². The summed E-state index contributed by atoms with van der Waals surface area (Å²) in [4.78, 5) is 11.2. The van der Waals surface area contributed by atoms with Crippen molar-refractivity contribution in [3.63, 3.8) is 0 Å². The molecule has 1 rings (SSSR count). The normalized spacial score (nSPS) is 10.1. The Hall–Kier alpha value is -1.89. The number of amides is 2. The van der Waals surface area contributed by atoms with Gasteiger partial charge in [0.1, 0.15) is 5.75 Å². The fourth-order valence-corrected chi connectivity index (χ4v) is 1.10. The summed E-state index contributed by atoms with van der Waals surface area (Å²) in [6.45, 7) is -3.09. The first-order valence-electron chi connectivity index (χ1n) is 4.83. The number of ether oxygens (including phenoxy) is 1. The van der Waals surface area contributed by atoms with Gasteiger partial charge >= 0.3 is 12.6 Å². The highest BCUT2D eigenvalue weighted by Crippen LogP contribution is 2.25. The molecule has 0 saturated carbocycles. The number of anilines is 1. The lowest BCUT2D eigenvalue weighted by molar-refractivity contribution is -0.0493. The van der Waals surface area contributed by atoms with Gasteiger partial charge in [0.05, 0.1) is 12.3 Å². The number of aliphatic hydroxyl groups is 1. The lowest BCUT2D eigenvalue weighted by atomic mass is 10.3. The summed E-state index contributed by atoms with van der Waals surface area (Å²) in [6, 6.07) is 5.21. The number of benzene rings is 1. The monoisotopic (exact) mass is 246 g/mol. The van der Waals surface area contributed by atoms with Crippen LogP contribution in [0.25, 0.3) is 0 Å². The molecule has 0 bridgehead atoms. The van der Waals surface area contributed by atoms with Crippen molar-refractivity contribution in [3.05, 3.63) is 24.3 Å². The molecule has 0 aliphatic rings. The zero-order valence-corrected chi connectivity index (χ0v) is 8.82. The number of halogens is 2. The molecule has 17 heavy (non-hydrogen) atoms. The van der Waals surface area contributed by atoms with Gasteiger partial charge in [0, 0.05) is 6.54 Å². The van der Waals surface area contributed by atoms with Crippen molar-refractivity contribution in [2.45, 2.75) is 6.61 Å². The molecule has 0 saturated heterocycles. The summed E-state index contributed by atoms with van der Waals surface area (Å²) in [5, 5.41) is 13.1. The quantitative estimate of drug-likeness (QED) is 0.735. The van der Waals surface area contributed by atoms with E-state index in [1.54, 1.807) is 6.07 Å². The maximum Gasteiger partial charge on any atom is 0.387 e. The van der Waals surface area contributed by atoms with E-state index in [1.807, 2.05) is 0 Å². The Morgan fingerprint density at radius 1 is 1.41 bits per heavy atom. The van der Waals surface area contributed by atoms with Gasteiger partial charge in [0.2, 0.25) is 0 Å². The van der Waals surface area contributed by atoms with Crippen LogP contribution in [0.4, 0.5) is 19.3 Å². The highest BCUT2D eigenvalue weighted by Gasteiger charge is 2.10. The predicted molar refractivity (Wildman–Crippen MR) is 57.2 cm³/mol. The lowest BCUT2D eigenvalue weighted by Gasteiger charge is -2.11. The number of nitrogens with one attached hydrogen (secondary N) is 2. The predicted octanol–water partition coefficient (Wildman–Crippen LogP) is 1.40. The highest BCUT2D eigenvalue weighted by atomic mass is 19.3. The Balaban J connectivity index is 2.66. The van der Waals surface area contributed by atoms with Crippen molar-refractivity contribution in [2.24, 2.45) is 0 Å². The van der Waals surface area contributed by atoms with Crippen LogP contribution in [0, 0.1) is 0 Å². The first-order valence-corrected chi connectivity index (χ1v) is 4.83. The Kier molecular flexibility index (Phi) is 5.15. The fraction of sp³-hybridized carbons (Fsp3) is 0.300. The average Bonchev–Trinajstić information content (AvgIpc) is 2.28. The Bertz CT molecular complexity index is 374. The van der Waals surface area contributed by atoms with Crippen molar-refractivity contribution in [3.8, 4) is 5.75 Å². The van der Waals surface area contributed by atoms with Gasteiger partial charge in [0.25, 0.3) is 0 Å². The molecule has 3 N–H and O–H groups in total. The van der Waals surface area contributed by atoms with Crippen molar-refractivity contribution < 1.29 is 23.4 Å². The molecule has 2 amide bonds. The largest absolute Gasteiger partial charge is 0.433 e. The maximum absolute atomic E-state index is 12.1. The van der Waals surface area contributed by atoms with E-state index in [0.29, 0.717) is 0 Å². The molecule has 7 heteroatoms. The molecule has 0 atom stereocenters. The first kappa shape index (κ1) is 13.2. The molecule has 0 aliphatic carbocycles. The smallest absolute Gasteiger partial charge is 0.387 e. The molecule has 0 heterocycles. The van der Waals surface area contributed by atoms with E-state index in [2.05, 4.69) is 15.4 Å². The minimum absolute atomic E-state index is 0.0731. The molecule has 0 aromatic heterocycles. The fourth-order valence-electron chi connectivity index (χ4n) is 1.10. The van der Waals surface area contributed by atoms with Crippen LogP contribution in [-0.2, 0) is 0 Å². The van der Waals surface area contributed by atoms with Crippen LogP contribution in [0.15, 0.2) is 24.3 Å². The highest BCUT2D eigenvalue weighted by molar-refractivity contribution is 5.90. The number of carbonyl (C=O) groups is 1. The van der Waals surface area contributed by atoms with E-state index < -0.39 is 12.6 Å². The summed E-state index contributed by atoms with van der Waals surface area (Å²) < 4.78 is 28.3. The van der Waals surface area contributed by atoms with Crippen LogP contribution < -0.4 is 15.4 Å². The van der Waals surface area contributed by atoms with Gasteiger partial charge in [-0.25, -0.2) is 4.79 Å². The van der Waals surface area contributed by atoms with Crippen molar-refractivity contribution >= 4 is 11.7 Å². The van der Waals surface area contributed by atoms with E-state index in [0.717, 1.165) is 0 Å². The van der Waals surface area contributed by atoms with Crippen LogP contribution in [0.3, 0.4) is 0 Å². The number of urea groups is 1. The van der Waals surface area contributed by atoms with Crippen LogP contribution in [-0.4, -0.2) is 30.9 Å². The molecule has 0 fully saturated rings. The Morgan fingerprint density at radius 2 is 2.12 bits per heavy atom. The number of aliphatic hydroxyl groups excluding tert-OH is 1. The van der Waals surface area contributed by atoms with Crippen molar-refractivity contribution in [1.82, 2.24) is 5.32 Å². The van der Waals surface area contributed by atoms with Gasteiger partial charge in [-0.05, 0) is 12.1 Å². The molecule has 0 aliphatic heterocycles. The topological polar surface area (TPSA) is 70.6 Å². The number of alkyl halides is 2. The Labute approximate surface area is 96.4 Å². The van der Waals surface area contributed by atoms with E-state index in [-0.39, 0.29) is 24.6 Å². The van der Waals surface area contributed by atoms with E-state index in [1.165, 1.54) is 18.2 Å². The summed E-state index contributed by atoms with van der Waals surface area (Å²) in [5.74, 6) is -0.123. The number of hydrogen-bond acceptors (Lipinski definition) is 3. The number of hydrogen-bond donors (Lipinski definition) is 3. The molecule has 1 aromatic carbocycles. The van der Waals surface area contributed by atoms with Gasteiger partial charge in [-0.15, -0.1) is 0 Å². The SMILES string of the molecule is O=C(NCCO)Nc1ccccc1OC(F)F. The standard InChI is InChI=1S/C10H12F2N2O3/c11-9(12)17-8-4-2-1-3-7(8)14-10(16)13-5-6-15/h1-4,9,15H,5-6H2,(H2,13,14,16). The zero-order chi connectivity index (χ0) is 12.7. The molecule has 94 valence electrons. The molecule has 1 aromatic rings. The first-order chi connectivity index (χ1) is 8.13. The summed E-state index contributed by atoms with van der Waals surface area (Å²) >= 11 is 0. The average molecular weight is 246 g/mol. The summed E-state index contributed by atoms with van der Waals surface area (Å²) in [6.07, 6.45) is 0. The molecular formula is C10H12F2N2O3. The van der Waals surface area contributed by atoms with E-state index in [4.69, 9.17) is 5.11 Å². The van der Waals surface area contributed by atoms with E-state index >= 15 is 0 Å². The summed E-state index contributed by atoms with van der Waals surface area (Å²) in [5.41, 5.74) is 0.128. The third-order valence-corrected chi connectivity index (χ3v) is 1.75.